The predicted molar refractivity (Wildman–Crippen MR) is 98.0 cm³/mol. The van der Waals surface area contributed by atoms with Crippen LogP contribution in [0.25, 0.3) is 0 Å². The van der Waals surface area contributed by atoms with Crippen molar-refractivity contribution >= 4 is 11.9 Å². The van der Waals surface area contributed by atoms with Crippen molar-refractivity contribution in [3.63, 3.8) is 0 Å². The number of aromatic nitrogens is 1. The summed E-state index contributed by atoms with van der Waals surface area (Å²) in [6, 6.07) is 0.547. The smallest absolute Gasteiger partial charge is 0.339 e. The molecule has 1 unspecified atom stereocenters. The molecular weight excluding hydrogens is 318 g/mol. The van der Waals surface area contributed by atoms with Gasteiger partial charge in [0.1, 0.15) is 5.69 Å². The number of aryl methyl sites for hydroxylation is 1. The number of amides is 1. The van der Waals surface area contributed by atoms with Crippen molar-refractivity contribution in [3.8, 4) is 0 Å². The number of methoxy groups -OCH3 is 1. The maximum absolute atomic E-state index is 12.7. The van der Waals surface area contributed by atoms with Gasteiger partial charge in [0.2, 0.25) is 0 Å². The molecule has 1 aliphatic rings. The van der Waals surface area contributed by atoms with Crippen LogP contribution in [0.3, 0.4) is 0 Å². The maximum Gasteiger partial charge on any atom is 0.339 e. The minimum atomic E-state index is -0.389. The number of likely N-dealkylation sites (tertiary alicyclic amines) is 1. The second kappa shape index (κ2) is 8.52. The highest BCUT2D eigenvalue weighted by atomic mass is 16.5. The van der Waals surface area contributed by atoms with Crippen LogP contribution < -0.4 is 5.32 Å². The molecule has 1 atom stereocenters. The van der Waals surface area contributed by atoms with Crippen LogP contribution >= 0.6 is 0 Å². The molecule has 2 rings (SSSR count). The van der Waals surface area contributed by atoms with Gasteiger partial charge in [-0.15, -0.1) is 0 Å². The molecule has 1 fully saturated rings. The number of carbonyl (C=O) groups excluding carboxylic acids is 2. The Morgan fingerprint density at radius 2 is 2.12 bits per heavy atom. The Kier molecular flexibility index (Phi) is 6.64. The van der Waals surface area contributed by atoms with E-state index in [0.29, 0.717) is 41.9 Å². The van der Waals surface area contributed by atoms with E-state index in [9.17, 15) is 9.59 Å². The van der Waals surface area contributed by atoms with E-state index >= 15 is 0 Å². The minimum absolute atomic E-state index is 0.135. The fourth-order valence-corrected chi connectivity index (χ4v) is 3.57. The summed E-state index contributed by atoms with van der Waals surface area (Å²) < 4.78 is 4.88. The Labute approximate surface area is 150 Å². The van der Waals surface area contributed by atoms with Gasteiger partial charge in [-0.25, -0.2) is 4.79 Å². The van der Waals surface area contributed by atoms with Crippen LogP contribution in [0.15, 0.2) is 0 Å². The van der Waals surface area contributed by atoms with Gasteiger partial charge < -0.3 is 19.9 Å². The Balaban J connectivity index is 2.07. The van der Waals surface area contributed by atoms with Crippen LogP contribution in [0.4, 0.5) is 0 Å². The van der Waals surface area contributed by atoms with Gasteiger partial charge in [-0.1, -0.05) is 13.3 Å². The van der Waals surface area contributed by atoms with E-state index in [2.05, 4.69) is 29.0 Å². The number of ether oxygens (including phenoxy) is 1. The maximum atomic E-state index is 12.7. The fraction of sp³-hybridized carbons (Fsp3) is 0.684. The van der Waals surface area contributed by atoms with E-state index in [4.69, 9.17) is 4.74 Å². The van der Waals surface area contributed by atoms with Crippen molar-refractivity contribution in [3.05, 3.63) is 22.5 Å². The molecule has 0 spiro atoms. The Morgan fingerprint density at radius 3 is 2.68 bits per heavy atom. The first-order chi connectivity index (χ1) is 11.9. The van der Waals surface area contributed by atoms with Crippen molar-refractivity contribution in [1.82, 2.24) is 15.2 Å². The number of aromatic amines is 1. The average Bonchev–Trinajstić information content (AvgIpc) is 3.17. The van der Waals surface area contributed by atoms with Crippen molar-refractivity contribution in [2.45, 2.75) is 53.0 Å². The summed E-state index contributed by atoms with van der Waals surface area (Å²) in [6.07, 6.45) is 2.63. The third kappa shape index (κ3) is 4.42. The Morgan fingerprint density at radius 1 is 1.40 bits per heavy atom. The van der Waals surface area contributed by atoms with E-state index in [1.807, 2.05) is 6.92 Å². The van der Waals surface area contributed by atoms with Gasteiger partial charge in [0.15, 0.2) is 0 Å². The van der Waals surface area contributed by atoms with E-state index in [1.165, 1.54) is 7.11 Å². The molecule has 0 bridgehead atoms. The molecule has 6 nitrogen and oxygen atoms in total. The molecule has 0 radical (unpaired) electrons. The summed E-state index contributed by atoms with van der Waals surface area (Å²) in [6.45, 7) is 11.0. The number of nitrogens with zero attached hydrogens (tertiary/aromatic N) is 1. The molecule has 0 saturated carbocycles. The van der Waals surface area contributed by atoms with E-state index in [-0.39, 0.29) is 11.9 Å². The predicted octanol–water partition coefficient (Wildman–Crippen LogP) is 2.52. The highest BCUT2D eigenvalue weighted by Crippen LogP contribution is 2.22. The van der Waals surface area contributed by atoms with Crippen LogP contribution in [0.1, 0.15) is 65.7 Å². The van der Waals surface area contributed by atoms with Crippen LogP contribution in [-0.4, -0.2) is 54.5 Å². The zero-order valence-corrected chi connectivity index (χ0v) is 16.1. The summed E-state index contributed by atoms with van der Waals surface area (Å²) in [5, 5.41) is 3.05. The lowest BCUT2D eigenvalue weighted by Crippen LogP contribution is -2.33. The number of carbonyl (C=O) groups is 2. The average molecular weight is 349 g/mol. The molecular formula is C19H31N3O3. The van der Waals surface area contributed by atoms with Gasteiger partial charge in [-0.3, -0.25) is 4.79 Å². The quantitative estimate of drug-likeness (QED) is 0.742. The normalized spacial score (nSPS) is 17.9. The number of nitrogens with one attached hydrogen (secondary N) is 2. The Hall–Kier alpha value is -1.82. The van der Waals surface area contributed by atoms with E-state index in [1.54, 1.807) is 6.92 Å². The van der Waals surface area contributed by atoms with Crippen LogP contribution in [0, 0.1) is 12.8 Å². The first kappa shape index (κ1) is 19.5. The first-order valence-electron chi connectivity index (χ1n) is 9.20. The Bertz CT molecular complexity index is 622. The third-order valence-corrected chi connectivity index (χ3v) is 5.01. The minimum Gasteiger partial charge on any atom is -0.465 e. The summed E-state index contributed by atoms with van der Waals surface area (Å²) >= 11 is 0. The molecule has 2 heterocycles. The fourth-order valence-electron chi connectivity index (χ4n) is 3.57. The molecule has 1 aromatic heterocycles. The number of hydrogen-bond donors (Lipinski definition) is 2. The molecule has 140 valence electrons. The monoisotopic (exact) mass is 349 g/mol. The molecule has 6 heteroatoms. The summed E-state index contributed by atoms with van der Waals surface area (Å²) in [7, 11) is 1.37. The van der Waals surface area contributed by atoms with Gasteiger partial charge in [0, 0.05) is 24.8 Å². The first-order valence-corrected chi connectivity index (χ1v) is 9.20. The van der Waals surface area contributed by atoms with Crippen molar-refractivity contribution in [1.29, 1.82) is 0 Å². The van der Waals surface area contributed by atoms with Gasteiger partial charge >= 0.3 is 5.97 Å². The summed E-state index contributed by atoms with van der Waals surface area (Å²) in [4.78, 5) is 30.3. The van der Waals surface area contributed by atoms with Gasteiger partial charge in [-0.05, 0) is 51.6 Å². The van der Waals surface area contributed by atoms with E-state index in [0.717, 1.165) is 31.5 Å². The molecule has 1 aromatic rings. The van der Waals surface area contributed by atoms with Gasteiger partial charge in [0.05, 0.1) is 12.7 Å². The van der Waals surface area contributed by atoms with Gasteiger partial charge in [0.25, 0.3) is 5.91 Å². The number of rotatable bonds is 7. The van der Waals surface area contributed by atoms with Crippen molar-refractivity contribution in [2.75, 3.05) is 26.7 Å². The second-order valence-electron chi connectivity index (χ2n) is 7.17. The molecule has 0 aromatic carbocycles. The highest BCUT2D eigenvalue weighted by Gasteiger charge is 2.27. The largest absolute Gasteiger partial charge is 0.465 e. The second-order valence-corrected chi connectivity index (χ2v) is 7.17. The summed E-state index contributed by atoms with van der Waals surface area (Å²) in [5.74, 6) is -0.0403. The van der Waals surface area contributed by atoms with Crippen molar-refractivity contribution < 1.29 is 14.3 Å². The van der Waals surface area contributed by atoms with Gasteiger partial charge in [-0.2, -0.15) is 0 Å². The standard InChI is InChI=1S/C19H31N3O3/c1-6-7-15-16(19(24)25-5)13(4)21-17(15)18(23)20-10-14-8-9-22(11-14)12(2)3/h12,14,21H,6-11H2,1-5H3,(H,20,23). The molecule has 0 aliphatic carbocycles. The topological polar surface area (TPSA) is 74.4 Å². The molecule has 2 N–H and O–H groups in total. The zero-order chi connectivity index (χ0) is 18.6. The third-order valence-electron chi connectivity index (χ3n) is 5.01. The lowest BCUT2D eigenvalue weighted by atomic mass is 10.0. The van der Waals surface area contributed by atoms with E-state index < -0.39 is 0 Å². The van der Waals surface area contributed by atoms with Crippen LogP contribution in [0.2, 0.25) is 0 Å². The van der Waals surface area contributed by atoms with Crippen LogP contribution in [-0.2, 0) is 11.2 Å². The summed E-state index contributed by atoms with van der Waals surface area (Å²) in [5.41, 5.74) is 2.45. The number of esters is 1. The molecule has 25 heavy (non-hydrogen) atoms. The zero-order valence-electron chi connectivity index (χ0n) is 16.1. The lowest BCUT2D eigenvalue weighted by Gasteiger charge is -2.20. The van der Waals surface area contributed by atoms with Crippen LogP contribution in [0.5, 0.6) is 0 Å². The number of hydrogen-bond acceptors (Lipinski definition) is 4. The lowest BCUT2D eigenvalue weighted by molar-refractivity contribution is 0.0599. The highest BCUT2D eigenvalue weighted by molar-refractivity contribution is 6.00. The SMILES string of the molecule is CCCc1c(C(=O)NCC2CCN(C(C)C)C2)[nH]c(C)c1C(=O)OC. The molecule has 1 amide bonds. The molecule has 1 aliphatic heterocycles. The number of H-pyrrole nitrogens is 1. The van der Waals surface area contributed by atoms with Crippen molar-refractivity contribution in [2.24, 2.45) is 5.92 Å². The molecule has 1 saturated heterocycles.